The van der Waals surface area contributed by atoms with Crippen molar-refractivity contribution in [2.45, 2.75) is 32.9 Å². The number of nitrogen functional groups attached to an aromatic ring is 1. The Kier molecular flexibility index (Phi) is 4.26. The highest BCUT2D eigenvalue weighted by Gasteiger charge is 2.30. The summed E-state index contributed by atoms with van der Waals surface area (Å²) >= 11 is 0. The van der Waals surface area contributed by atoms with E-state index in [0.717, 1.165) is 30.5 Å². The van der Waals surface area contributed by atoms with Crippen LogP contribution in [0, 0.1) is 0 Å². The van der Waals surface area contributed by atoms with Crippen LogP contribution < -0.4 is 5.73 Å². The molecule has 2 rings (SSSR count). The van der Waals surface area contributed by atoms with E-state index in [1.165, 1.54) is 17.2 Å². The van der Waals surface area contributed by atoms with Gasteiger partial charge in [0, 0.05) is 11.3 Å². The molecule has 112 valence electrons. The summed E-state index contributed by atoms with van der Waals surface area (Å²) in [7, 11) is 0. The standard InChI is InChI=1S/C17H18F3N/c1-3-11-5-6-13(9-12(11)4-2)15-8-7-14(10-16(15)21)17(18,19)20/h5-10H,3-4,21H2,1-2H3. The van der Waals surface area contributed by atoms with Gasteiger partial charge in [0.05, 0.1) is 5.56 Å². The minimum Gasteiger partial charge on any atom is -0.398 e. The smallest absolute Gasteiger partial charge is 0.398 e. The molecular weight excluding hydrogens is 275 g/mol. The number of benzene rings is 2. The first-order valence-electron chi connectivity index (χ1n) is 6.95. The first-order chi connectivity index (χ1) is 9.86. The lowest BCUT2D eigenvalue weighted by atomic mass is 9.95. The Balaban J connectivity index is 2.48. The van der Waals surface area contributed by atoms with Crippen molar-refractivity contribution in [2.75, 3.05) is 5.73 Å². The first kappa shape index (κ1) is 15.4. The van der Waals surface area contributed by atoms with Crippen LogP contribution >= 0.6 is 0 Å². The molecular formula is C17H18F3N. The van der Waals surface area contributed by atoms with Crippen LogP contribution in [-0.2, 0) is 19.0 Å². The van der Waals surface area contributed by atoms with Crippen LogP contribution in [0.2, 0.25) is 0 Å². The third-order valence-electron chi connectivity index (χ3n) is 3.66. The molecule has 0 aliphatic rings. The topological polar surface area (TPSA) is 26.0 Å². The van der Waals surface area contributed by atoms with Crippen molar-refractivity contribution in [1.29, 1.82) is 0 Å². The first-order valence-corrected chi connectivity index (χ1v) is 6.95. The van der Waals surface area contributed by atoms with E-state index in [-0.39, 0.29) is 5.69 Å². The fourth-order valence-electron chi connectivity index (χ4n) is 2.47. The number of hydrogen-bond acceptors (Lipinski definition) is 1. The summed E-state index contributed by atoms with van der Waals surface area (Å²) in [6.45, 7) is 4.15. The molecule has 1 nitrogen and oxygen atoms in total. The van der Waals surface area contributed by atoms with E-state index in [0.29, 0.717) is 5.56 Å². The van der Waals surface area contributed by atoms with Gasteiger partial charge in [0.15, 0.2) is 0 Å². The number of alkyl halides is 3. The number of hydrogen-bond donors (Lipinski definition) is 1. The van der Waals surface area contributed by atoms with Crippen molar-refractivity contribution in [3.8, 4) is 11.1 Å². The van der Waals surface area contributed by atoms with Crippen LogP contribution in [0.3, 0.4) is 0 Å². The molecule has 0 aliphatic heterocycles. The Labute approximate surface area is 122 Å². The van der Waals surface area contributed by atoms with Crippen LogP contribution in [-0.4, -0.2) is 0 Å². The summed E-state index contributed by atoms with van der Waals surface area (Å²) in [5.41, 5.74) is 9.20. The fraction of sp³-hybridized carbons (Fsp3) is 0.294. The van der Waals surface area contributed by atoms with Crippen molar-refractivity contribution in [3.63, 3.8) is 0 Å². The maximum absolute atomic E-state index is 12.7. The third-order valence-corrected chi connectivity index (χ3v) is 3.66. The minimum atomic E-state index is -4.37. The van der Waals surface area contributed by atoms with Gasteiger partial charge in [0.25, 0.3) is 0 Å². The van der Waals surface area contributed by atoms with Gasteiger partial charge in [0.2, 0.25) is 0 Å². The Morgan fingerprint density at radius 3 is 2.10 bits per heavy atom. The lowest BCUT2D eigenvalue weighted by Crippen LogP contribution is -2.06. The average Bonchev–Trinajstić information content (AvgIpc) is 2.45. The molecule has 0 saturated carbocycles. The molecule has 4 heteroatoms. The minimum absolute atomic E-state index is 0.149. The Hall–Kier alpha value is -1.97. The second-order valence-electron chi connectivity index (χ2n) is 4.99. The number of nitrogens with two attached hydrogens (primary N) is 1. The highest BCUT2D eigenvalue weighted by Crippen LogP contribution is 2.35. The molecule has 2 aromatic carbocycles. The molecule has 2 N–H and O–H groups in total. The van der Waals surface area contributed by atoms with Gasteiger partial charge in [-0.25, -0.2) is 0 Å². The number of rotatable bonds is 3. The number of halogens is 3. The zero-order valence-electron chi connectivity index (χ0n) is 12.1. The molecule has 0 bridgehead atoms. The second-order valence-corrected chi connectivity index (χ2v) is 4.99. The molecule has 0 aliphatic carbocycles. The monoisotopic (exact) mass is 293 g/mol. The lowest BCUT2D eigenvalue weighted by Gasteiger charge is -2.13. The highest BCUT2D eigenvalue weighted by atomic mass is 19.4. The van der Waals surface area contributed by atoms with Gasteiger partial charge >= 0.3 is 6.18 Å². The number of anilines is 1. The van der Waals surface area contributed by atoms with Crippen LogP contribution in [0.15, 0.2) is 36.4 Å². The molecule has 0 fully saturated rings. The van der Waals surface area contributed by atoms with Gasteiger partial charge in [-0.2, -0.15) is 13.2 Å². The summed E-state index contributed by atoms with van der Waals surface area (Å²) < 4.78 is 38.0. The average molecular weight is 293 g/mol. The van der Waals surface area contributed by atoms with Crippen LogP contribution in [0.25, 0.3) is 11.1 Å². The van der Waals surface area contributed by atoms with Crippen molar-refractivity contribution in [1.82, 2.24) is 0 Å². The predicted octanol–water partition coefficient (Wildman–Crippen LogP) is 5.08. The summed E-state index contributed by atoms with van der Waals surface area (Å²) in [5.74, 6) is 0. The maximum Gasteiger partial charge on any atom is 0.416 e. The van der Waals surface area contributed by atoms with Crippen molar-refractivity contribution in [2.24, 2.45) is 0 Å². The maximum atomic E-state index is 12.7. The van der Waals surface area contributed by atoms with Crippen molar-refractivity contribution >= 4 is 5.69 Å². The van der Waals surface area contributed by atoms with Gasteiger partial charge in [0.1, 0.15) is 0 Å². The van der Waals surface area contributed by atoms with E-state index in [9.17, 15) is 13.2 Å². The predicted molar refractivity (Wildman–Crippen MR) is 80.0 cm³/mol. The molecule has 21 heavy (non-hydrogen) atoms. The normalized spacial score (nSPS) is 11.7. The van der Waals surface area contributed by atoms with E-state index in [4.69, 9.17) is 5.73 Å². The fourth-order valence-corrected chi connectivity index (χ4v) is 2.47. The van der Waals surface area contributed by atoms with Gasteiger partial charge in [-0.3, -0.25) is 0 Å². The Morgan fingerprint density at radius 1 is 0.905 bits per heavy atom. The van der Waals surface area contributed by atoms with Crippen molar-refractivity contribution < 1.29 is 13.2 Å². The summed E-state index contributed by atoms with van der Waals surface area (Å²) in [4.78, 5) is 0. The van der Waals surface area contributed by atoms with Crippen molar-refractivity contribution in [3.05, 3.63) is 53.1 Å². The molecule has 0 radical (unpaired) electrons. The van der Waals surface area contributed by atoms with Gasteiger partial charge in [-0.05, 0) is 41.7 Å². The molecule has 0 atom stereocenters. The van der Waals surface area contributed by atoms with Crippen LogP contribution in [0.5, 0.6) is 0 Å². The molecule has 2 aromatic rings. The Bertz CT molecular complexity index is 645. The molecule has 0 aromatic heterocycles. The lowest BCUT2D eigenvalue weighted by molar-refractivity contribution is -0.137. The zero-order chi connectivity index (χ0) is 15.6. The molecule has 0 unspecified atom stereocenters. The van der Waals surface area contributed by atoms with Crippen LogP contribution in [0.1, 0.15) is 30.5 Å². The van der Waals surface area contributed by atoms with E-state index < -0.39 is 11.7 Å². The van der Waals surface area contributed by atoms with Gasteiger partial charge in [-0.1, -0.05) is 38.1 Å². The molecule has 0 heterocycles. The quantitative estimate of drug-likeness (QED) is 0.785. The largest absolute Gasteiger partial charge is 0.416 e. The SMILES string of the molecule is CCc1ccc(-c2ccc(C(F)(F)F)cc2N)cc1CC. The van der Waals surface area contributed by atoms with Gasteiger partial charge < -0.3 is 5.73 Å². The second kappa shape index (κ2) is 5.80. The van der Waals surface area contributed by atoms with E-state index in [1.54, 1.807) is 0 Å². The van der Waals surface area contributed by atoms with E-state index >= 15 is 0 Å². The molecule has 0 amide bonds. The van der Waals surface area contributed by atoms with E-state index in [2.05, 4.69) is 13.8 Å². The summed E-state index contributed by atoms with van der Waals surface area (Å²) in [5, 5.41) is 0. The summed E-state index contributed by atoms with van der Waals surface area (Å²) in [6, 6.07) is 9.46. The zero-order valence-corrected chi connectivity index (χ0v) is 12.1. The Morgan fingerprint density at radius 2 is 1.57 bits per heavy atom. The number of aryl methyl sites for hydroxylation is 2. The molecule has 0 spiro atoms. The third kappa shape index (κ3) is 3.20. The van der Waals surface area contributed by atoms with E-state index in [1.807, 2.05) is 18.2 Å². The van der Waals surface area contributed by atoms with Crippen LogP contribution in [0.4, 0.5) is 18.9 Å². The summed E-state index contributed by atoms with van der Waals surface area (Å²) in [6.07, 6.45) is -2.54. The highest BCUT2D eigenvalue weighted by molar-refractivity contribution is 5.77. The van der Waals surface area contributed by atoms with Gasteiger partial charge in [-0.15, -0.1) is 0 Å². The molecule has 0 saturated heterocycles.